The molecule has 1 aliphatic carbocycles. The van der Waals surface area contributed by atoms with Crippen molar-refractivity contribution in [1.29, 1.82) is 0 Å². The SMILES string of the molecule is CN(C1CCCCC1)S(=O)(=O)c1cccc(C(=O)NCC2CCCNC2)c1. The van der Waals surface area contributed by atoms with Gasteiger partial charge in [0.1, 0.15) is 0 Å². The topological polar surface area (TPSA) is 78.5 Å². The first kappa shape index (κ1) is 20.3. The Morgan fingerprint density at radius 2 is 1.96 bits per heavy atom. The van der Waals surface area contributed by atoms with E-state index in [1.165, 1.54) is 16.8 Å². The van der Waals surface area contributed by atoms with Gasteiger partial charge in [0, 0.05) is 25.2 Å². The van der Waals surface area contributed by atoms with E-state index in [1.54, 1.807) is 25.2 Å². The molecule has 0 bridgehead atoms. The molecule has 1 saturated heterocycles. The Kier molecular flexibility index (Phi) is 6.89. The van der Waals surface area contributed by atoms with Gasteiger partial charge in [0.15, 0.2) is 0 Å². The number of sulfonamides is 1. The normalized spacial score (nSPS) is 21.9. The van der Waals surface area contributed by atoms with E-state index < -0.39 is 10.0 Å². The number of nitrogens with zero attached hydrogens (tertiary/aromatic N) is 1. The lowest BCUT2D eigenvalue weighted by atomic mass is 9.96. The lowest BCUT2D eigenvalue weighted by molar-refractivity contribution is 0.0944. The van der Waals surface area contributed by atoms with Crippen LogP contribution in [0.5, 0.6) is 0 Å². The second-order valence-electron chi connectivity index (χ2n) is 7.76. The Morgan fingerprint density at radius 1 is 1.19 bits per heavy atom. The quantitative estimate of drug-likeness (QED) is 0.778. The second-order valence-corrected chi connectivity index (χ2v) is 9.76. The number of carbonyl (C=O) groups is 1. The molecule has 2 aliphatic rings. The third kappa shape index (κ3) is 5.09. The van der Waals surface area contributed by atoms with Gasteiger partial charge in [-0.1, -0.05) is 25.3 Å². The van der Waals surface area contributed by atoms with Crippen LogP contribution in [-0.4, -0.2) is 51.4 Å². The number of nitrogens with one attached hydrogen (secondary N) is 2. The number of carbonyl (C=O) groups excluding carboxylic acids is 1. The number of hydrogen-bond donors (Lipinski definition) is 2. The summed E-state index contributed by atoms with van der Waals surface area (Å²) in [7, 11) is -1.93. The zero-order valence-corrected chi connectivity index (χ0v) is 16.9. The van der Waals surface area contributed by atoms with Crippen molar-refractivity contribution in [3.63, 3.8) is 0 Å². The van der Waals surface area contributed by atoms with Crippen LogP contribution in [0, 0.1) is 5.92 Å². The van der Waals surface area contributed by atoms with Gasteiger partial charge in [-0.15, -0.1) is 0 Å². The van der Waals surface area contributed by atoms with E-state index in [4.69, 9.17) is 0 Å². The smallest absolute Gasteiger partial charge is 0.251 e. The van der Waals surface area contributed by atoms with Crippen LogP contribution >= 0.6 is 0 Å². The molecule has 0 aromatic heterocycles. The van der Waals surface area contributed by atoms with Gasteiger partial charge in [-0.2, -0.15) is 4.31 Å². The van der Waals surface area contributed by atoms with Crippen molar-refractivity contribution in [2.24, 2.45) is 5.92 Å². The fourth-order valence-electron chi connectivity index (χ4n) is 4.04. The lowest BCUT2D eigenvalue weighted by Gasteiger charge is -2.30. The van der Waals surface area contributed by atoms with Crippen molar-refractivity contribution in [2.75, 3.05) is 26.7 Å². The van der Waals surface area contributed by atoms with Crippen molar-refractivity contribution in [3.05, 3.63) is 29.8 Å². The second kappa shape index (κ2) is 9.17. The molecule has 1 heterocycles. The van der Waals surface area contributed by atoms with Crippen molar-refractivity contribution in [1.82, 2.24) is 14.9 Å². The zero-order chi connectivity index (χ0) is 19.3. The number of benzene rings is 1. The highest BCUT2D eigenvalue weighted by Gasteiger charge is 2.29. The molecule has 1 unspecified atom stereocenters. The highest BCUT2D eigenvalue weighted by Crippen LogP contribution is 2.26. The van der Waals surface area contributed by atoms with Crippen LogP contribution in [0.2, 0.25) is 0 Å². The average Bonchev–Trinajstić information content (AvgIpc) is 2.73. The molecule has 27 heavy (non-hydrogen) atoms. The first-order valence-corrected chi connectivity index (χ1v) is 11.5. The first-order valence-electron chi connectivity index (χ1n) is 10.1. The maximum Gasteiger partial charge on any atom is 0.251 e. The van der Waals surface area contributed by atoms with Crippen molar-refractivity contribution in [3.8, 4) is 0 Å². The molecule has 7 heteroatoms. The van der Waals surface area contributed by atoms with Crippen LogP contribution in [0.15, 0.2) is 29.2 Å². The minimum Gasteiger partial charge on any atom is -0.352 e. The summed E-state index contributed by atoms with van der Waals surface area (Å²) in [5.41, 5.74) is 0.400. The van der Waals surface area contributed by atoms with E-state index in [-0.39, 0.29) is 16.8 Å². The van der Waals surface area contributed by atoms with Gasteiger partial charge in [0.05, 0.1) is 4.90 Å². The van der Waals surface area contributed by atoms with Crippen LogP contribution in [-0.2, 0) is 10.0 Å². The van der Waals surface area contributed by atoms with E-state index >= 15 is 0 Å². The van der Waals surface area contributed by atoms with E-state index in [1.807, 2.05) is 0 Å². The molecule has 1 amide bonds. The highest BCUT2D eigenvalue weighted by atomic mass is 32.2. The van der Waals surface area contributed by atoms with E-state index in [2.05, 4.69) is 10.6 Å². The highest BCUT2D eigenvalue weighted by molar-refractivity contribution is 7.89. The molecule has 1 aromatic rings. The van der Waals surface area contributed by atoms with Crippen LogP contribution < -0.4 is 10.6 Å². The molecule has 2 fully saturated rings. The molecule has 1 atom stereocenters. The minimum absolute atomic E-state index is 0.0556. The zero-order valence-electron chi connectivity index (χ0n) is 16.1. The van der Waals surface area contributed by atoms with E-state index in [9.17, 15) is 13.2 Å². The average molecular weight is 394 g/mol. The Labute approximate surface area is 162 Å². The summed E-state index contributed by atoms with van der Waals surface area (Å²) < 4.78 is 27.5. The van der Waals surface area contributed by atoms with Gasteiger partial charge >= 0.3 is 0 Å². The Balaban J connectivity index is 1.67. The summed E-state index contributed by atoms with van der Waals surface area (Å²) in [6.45, 7) is 2.57. The van der Waals surface area contributed by atoms with Gasteiger partial charge in [-0.05, 0) is 62.9 Å². The van der Waals surface area contributed by atoms with E-state index in [0.29, 0.717) is 18.0 Å². The summed E-state index contributed by atoms with van der Waals surface area (Å²) in [4.78, 5) is 12.7. The van der Waals surface area contributed by atoms with Gasteiger partial charge in [-0.3, -0.25) is 4.79 Å². The predicted octanol–water partition coefficient (Wildman–Crippen LogP) is 2.37. The molecule has 3 rings (SSSR count). The Morgan fingerprint density at radius 3 is 2.67 bits per heavy atom. The molecule has 1 aliphatic heterocycles. The molecule has 1 saturated carbocycles. The summed E-state index contributed by atoms with van der Waals surface area (Å²) in [5, 5.41) is 6.29. The summed E-state index contributed by atoms with van der Waals surface area (Å²) in [6.07, 6.45) is 7.37. The molecule has 6 nitrogen and oxygen atoms in total. The van der Waals surface area contributed by atoms with Crippen molar-refractivity contribution < 1.29 is 13.2 Å². The molecular weight excluding hydrogens is 362 g/mol. The molecule has 0 radical (unpaired) electrons. The fraction of sp³-hybridized carbons (Fsp3) is 0.650. The maximum atomic E-state index is 13.0. The molecule has 2 N–H and O–H groups in total. The summed E-state index contributed by atoms with van der Waals surface area (Å²) >= 11 is 0. The number of rotatable bonds is 6. The predicted molar refractivity (Wildman–Crippen MR) is 106 cm³/mol. The molecule has 150 valence electrons. The van der Waals surface area contributed by atoms with Crippen LogP contribution in [0.4, 0.5) is 0 Å². The third-order valence-electron chi connectivity index (χ3n) is 5.81. The number of amides is 1. The molecule has 1 aromatic carbocycles. The van der Waals surface area contributed by atoms with Crippen molar-refractivity contribution in [2.45, 2.75) is 55.9 Å². The maximum absolute atomic E-state index is 13.0. The fourth-order valence-corrected chi connectivity index (χ4v) is 5.50. The minimum atomic E-state index is -3.59. The third-order valence-corrected chi connectivity index (χ3v) is 7.72. The monoisotopic (exact) mass is 393 g/mol. The Bertz CT molecular complexity index is 739. The van der Waals surface area contributed by atoms with Gasteiger partial charge in [0.2, 0.25) is 10.0 Å². The molecular formula is C20H31N3O3S. The van der Waals surface area contributed by atoms with Crippen LogP contribution in [0.25, 0.3) is 0 Å². The number of hydrogen-bond acceptors (Lipinski definition) is 4. The Hall–Kier alpha value is -1.44. The van der Waals surface area contributed by atoms with Crippen molar-refractivity contribution >= 4 is 15.9 Å². The van der Waals surface area contributed by atoms with E-state index in [0.717, 1.165) is 51.6 Å². The lowest BCUT2D eigenvalue weighted by Crippen LogP contribution is -2.39. The standard InChI is InChI=1S/C20H31N3O3S/c1-23(18-9-3-2-4-10-18)27(25,26)19-11-5-8-17(13-19)20(24)22-15-16-7-6-12-21-14-16/h5,8,11,13,16,18,21H,2-4,6-7,9-10,12,14-15H2,1H3,(H,22,24). The van der Waals surface area contributed by atoms with Gasteiger partial charge in [-0.25, -0.2) is 8.42 Å². The molecule has 0 spiro atoms. The summed E-state index contributed by atoms with van der Waals surface area (Å²) in [6, 6.07) is 6.46. The summed E-state index contributed by atoms with van der Waals surface area (Å²) in [5.74, 6) is 0.227. The van der Waals surface area contributed by atoms with Gasteiger partial charge in [0.25, 0.3) is 5.91 Å². The largest absolute Gasteiger partial charge is 0.352 e. The van der Waals surface area contributed by atoms with Crippen LogP contribution in [0.1, 0.15) is 55.3 Å². The first-order chi connectivity index (χ1) is 13.0. The van der Waals surface area contributed by atoms with Gasteiger partial charge < -0.3 is 10.6 Å². The van der Waals surface area contributed by atoms with Crippen LogP contribution in [0.3, 0.4) is 0 Å². The number of piperidine rings is 1.